The fourth-order valence-electron chi connectivity index (χ4n) is 2.14. The Labute approximate surface area is 127 Å². The van der Waals surface area contributed by atoms with Crippen molar-refractivity contribution in [3.8, 4) is 0 Å². The van der Waals surface area contributed by atoms with E-state index in [0.717, 1.165) is 18.7 Å². The maximum atomic E-state index is 12.1. The molecule has 22 heavy (non-hydrogen) atoms. The Kier molecular flexibility index (Phi) is 4.92. The molecule has 4 N–H and O–H groups in total. The van der Waals surface area contributed by atoms with Gasteiger partial charge in [0.15, 0.2) is 0 Å². The molecule has 0 radical (unpaired) electrons. The van der Waals surface area contributed by atoms with Gasteiger partial charge in [-0.3, -0.25) is 14.3 Å². The highest BCUT2D eigenvalue weighted by molar-refractivity contribution is 5.95. The van der Waals surface area contributed by atoms with E-state index in [2.05, 4.69) is 27.3 Å². The zero-order chi connectivity index (χ0) is 16.1. The van der Waals surface area contributed by atoms with Crippen molar-refractivity contribution < 1.29 is 4.79 Å². The van der Waals surface area contributed by atoms with Crippen LogP contribution in [0.25, 0.3) is 0 Å². The van der Waals surface area contributed by atoms with E-state index in [0.29, 0.717) is 24.4 Å². The molecular weight excluding hydrogens is 284 g/mol. The molecule has 0 aliphatic heterocycles. The predicted molar refractivity (Wildman–Crippen MR) is 82.6 cm³/mol. The number of carbonyl (C=O) groups excluding carboxylic acids is 1. The van der Waals surface area contributed by atoms with E-state index >= 15 is 0 Å². The summed E-state index contributed by atoms with van der Waals surface area (Å²) in [4.78, 5) is 30.0. The van der Waals surface area contributed by atoms with Crippen molar-refractivity contribution >= 4 is 11.7 Å². The van der Waals surface area contributed by atoms with Gasteiger partial charge in [-0.25, -0.2) is 4.98 Å². The quantitative estimate of drug-likeness (QED) is 0.706. The smallest absolute Gasteiger partial charge is 0.254 e. The van der Waals surface area contributed by atoms with E-state index in [9.17, 15) is 9.59 Å². The lowest BCUT2D eigenvalue weighted by Gasteiger charge is -2.06. The molecule has 2 rings (SSSR count). The van der Waals surface area contributed by atoms with Crippen LogP contribution in [0.2, 0.25) is 0 Å². The van der Waals surface area contributed by atoms with Crippen LogP contribution in [0.5, 0.6) is 0 Å². The van der Waals surface area contributed by atoms with E-state index in [1.165, 1.54) is 6.07 Å². The fourth-order valence-corrected chi connectivity index (χ4v) is 2.14. The Balaban J connectivity index is 1.94. The van der Waals surface area contributed by atoms with Crippen LogP contribution in [-0.2, 0) is 13.0 Å². The number of aromatic nitrogens is 4. The van der Waals surface area contributed by atoms with Crippen LogP contribution in [0.3, 0.4) is 0 Å². The Morgan fingerprint density at radius 2 is 2.27 bits per heavy atom. The van der Waals surface area contributed by atoms with Crippen molar-refractivity contribution in [1.29, 1.82) is 0 Å². The summed E-state index contributed by atoms with van der Waals surface area (Å²) in [5.74, 6) is 0.427. The number of carbonyl (C=O) groups is 1. The number of rotatable bonds is 6. The van der Waals surface area contributed by atoms with Crippen molar-refractivity contribution in [2.75, 3.05) is 12.3 Å². The summed E-state index contributed by atoms with van der Waals surface area (Å²) in [7, 11) is 0. The molecular formula is C14H20N6O2. The van der Waals surface area contributed by atoms with Crippen LogP contribution in [-0.4, -0.2) is 32.2 Å². The van der Waals surface area contributed by atoms with Gasteiger partial charge in [-0.1, -0.05) is 6.92 Å². The largest absolute Gasteiger partial charge is 0.383 e. The summed E-state index contributed by atoms with van der Waals surface area (Å²) in [6.45, 7) is 5.06. The summed E-state index contributed by atoms with van der Waals surface area (Å²) < 4.78 is 1.81. The van der Waals surface area contributed by atoms with Gasteiger partial charge in [0.2, 0.25) is 0 Å². The molecule has 2 heterocycles. The SMILES string of the molecule is CCCn1ncc(C(=O)NCCc2nc(N)cc(=O)[nH]2)c1C. The number of amides is 1. The summed E-state index contributed by atoms with van der Waals surface area (Å²) in [5, 5.41) is 6.98. The molecule has 8 nitrogen and oxygen atoms in total. The number of anilines is 1. The average Bonchev–Trinajstić information content (AvgIpc) is 2.80. The fraction of sp³-hybridized carbons (Fsp3) is 0.429. The molecule has 0 aromatic carbocycles. The normalized spacial score (nSPS) is 10.6. The number of nitrogen functional groups attached to an aromatic ring is 1. The van der Waals surface area contributed by atoms with Crippen molar-refractivity contribution in [2.24, 2.45) is 0 Å². The number of H-pyrrole nitrogens is 1. The van der Waals surface area contributed by atoms with Crippen LogP contribution in [0, 0.1) is 6.92 Å². The number of hydrogen-bond donors (Lipinski definition) is 3. The minimum Gasteiger partial charge on any atom is -0.383 e. The Morgan fingerprint density at radius 1 is 1.50 bits per heavy atom. The van der Waals surface area contributed by atoms with Gasteiger partial charge < -0.3 is 16.0 Å². The van der Waals surface area contributed by atoms with Crippen LogP contribution < -0.4 is 16.6 Å². The summed E-state index contributed by atoms with van der Waals surface area (Å²) in [6, 6.07) is 1.22. The molecule has 0 fully saturated rings. The molecule has 0 spiro atoms. The molecule has 118 valence electrons. The first-order valence-corrected chi connectivity index (χ1v) is 7.17. The van der Waals surface area contributed by atoms with E-state index in [1.807, 2.05) is 11.6 Å². The minimum atomic E-state index is -0.300. The van der Waals surface area contributed by atoms with Crippen molar-refractivity contribution in [3.63, 3.8) is 0 Å². The van der Waals surface area contributed by atoms with Crippen LogP contribution >= 0.6 is 0 Å². The molecule has 2 aromatic rings. The number of aromatic amines is 1. The third kappa shape index (κ3) is 3.72. The lowest BCUT2D eigenvalue weighted by Crippen LogP contribution is -2.27. The van der Waals surface area contributed by atoms with E-state index in [4.69, 9.17) is 5.73 Å². The predicted octanol–water partition coefficient (Wildman–Crippen LogP) is 0.240. The third-order valence-corrected chi connectivity index (χ3v) is 3.24. The first kappa shape index (κ1) is 15.7. The standard InChI is InChI=1S/C14H20N6O2/c1-3-6-20-9(2)10(8-17-20)14(22)16-5-4-12-18-11(15)7-13(21)19-12/h7-8H,3-6H2,1-2H3,(H,16,22)(H3,15,18,19,21). The average molecular weight is 304 g/mol. The van der Waals surface area contributed by atoms with Gasteiger partial charge in [0.1, 0.15) is 11.6 Å². The van der Waals surface area contributed by atoms with Gasteiger partial charge in [-0.2, -0.15) is 5.10 Å². The van der Waals surface area contributed by atoms with Crippen molar-refractivity contribution in [1.82, 2.24) is 25.1 Å². The van der Waals surface area contributed by atoms with Gasteiger partial charge in [0, 0.05) is 31.3 Å². The lowest BCUT2D eigenvalue weighted by atomic mass is 10.2. The molecule has 0 saturated heterocycles. The molecule has 0 aliphatic rings. The van der Waals surface area contributed by atoms with E-state index in [-0.39, 0.29) is 17.3 Å². The molecule has 1 amide bonds. The van der Waals surface area contributed by atoms with E-state index < -0.39 is 0 Å². The zero-order valence-corrected chi connectivity index (χ0v) is 12.7. The molecule has 8 heteroatoms. The summed E-state index contributed by atoms with van der Waals surface area (Å²) >= 11 is 0. The summed E-state index contributed by atoms with van der Waals surface area (Å²) in [6.07, 6.45) is 2.92. The number of nitrogens with zero attached hydrogens (tertiary/aromatic N) is 3. The lowest BCUT2D eigenvalue weighted by molar-refractivity contribution is 0.0953. The number of nitrogens with one attached hydrogen (secondary N) is 2. The Bertz CT molecular complexity index is 718. The Morgan fingerprint density at radius 3 is 2.95 bits per heavy atom. The molecule has 0 bridgehead atoms. The van der Waals surface area contributed by atoms with Gasteiger partial charge in [0.25, 0.3) is 11.5 Å². The second-order valence-electron chi connectivity index (χ2n) is 4.99. The van der Waals surface area contributed by atoms with Gasteiger partial charge in [0.05, 0.1) is 11.8 Å². The molecule has 0 unspecified atom stereocenters. The molecule has 0 saturated carbocycles. The highest BCUT2D eigenvalue weighted by Crippen LogP contribution is 2.07. The topological polar surface area (TPSA) is 119 Å². The first-order valence-electron chi connectivity index (χ1n) is 7.17. The number of hydrogen-bond acceptors (Lipinski definition) is 5. The maximum Gasteiger partial charge on any atom is 0.254 e. The first-order chi connectivity index (χ1) is 10.5. The second-order valence-corrected chi connectivity index (χ2v) is 4.99. The van der Waals surface area contributed by atoms with E-state index in [1.54, 1.807) is 6.20 Å². The third-order valence-electron chi connectivity index (χ3n) is 3.24. The van der Waals surface area contributed by atoms with Crippen LogP contribution in [0.1, 0.15) is 35.2 Å². The van der Waals surface area contributed by atoms with Crippen LogP contribution in [0.4, 0.5) is 5.82 Å². The number of aryl methyl sites for hydroxylation is 1. The number of nitrogens with two attached hydrogens (primary N) is 1. The summed E-state index contributed by atoms with van der Waals surface area (Å²) in [5.41, 5.74) is 6.60. The zero-order valence-electron chi connectivity index (χ0n) is 12.7. The molecule has 2 aromatic heterocycles. The molecule has 0 aliphatic carbocycles. The van der Waals surface area contributed by atoms with Crippen LogP contribution in [0.15, 0.2) is 17.1 Å². The minimum absolute atomic E-state index is 0.168. The van der Waals surface area contributed by atoms with Gasteiger partial charge in [-0.05, 0) is 13.3 Å². The highest BCUT2D eigenvalue weighted by atomic mass is 16.1. The monoisotopic (exact) mass is 304 g/mol. The van der Waals surface area contributed by atoms with Crippen molar-refractivity contribution in [3.05, 3.63) is 39.7 Å². The Hall–Kier alpha value is -2.64. The second kappa shape index (κ2) is 6.88. The van der Waals surface area contributed by atoms with Gasteiger partial charge >= 0.3 is 0 Å². The maximum absolute atomic E-state index is 12.1. The van der Waals surface area contributed by atoms with Crippen molar-refractivity contribution in [2.45, 2.75) is 33.2 Å². The van der Waals surface area contributed by atoms with Gasteiger partial charge in [-0.15, -0.1) is 0 Å². The molecule has 0 atom stereocenters. The highest BCUT2D eigenvalue weighted by Gasteiger charge is 2.13.